The second-order valence-electron chi connectivity index (χ2n) is 8.55. The summed E-state index contributed by atoms with van der Waals surface area (Å²) < 4.78 is 0.644. The van der Waals surface area contributed by atoms with Crippen LogP contribution in [0.4, 0.5) is 22.7 Å². The lowest BCUT2D eigenvalue weighted by Gasteiger charge is -2.22. The molecule has 4 aromatic rings. The van der Waals surface area contributed by atoms with Gasteiger partial charge in [0.05, 0.1) is 5.69 Å². The molecule has 206 valence electrons. The first-order chi connectivity index (χ1) is 19.7. The summed E-state index contributed by atoms with van der Waals surface area (Å²) in [6.07, 6.45) is 0. The zero-order valence-electron chi connectivity index (χ0n) is 21.4. The minimum atomic E-state index is -0.293. The highest BCUT2D eigenvalue weighted by atomic mass is 127. The van der Waals surface area contributed by atoms with Gasteiger partial charge in [-0.1, -0.05) is 22.6 Å². The molecule has 41 heavy (non-hydrogen) atoms. The number of nitrogen functional groups attached to an aromatic ring is 1. The number of ketones is 2. The summed E-state index contributed by atoms with van der Waals surface area (Å²) in [5, 5.41) is 18.4. The van der Waals surface area contributed by atoms with Crippen molar-refractivity contribution in [3.05, 3.63) is 133 Å². The molecule has 0 aliphatic heterocycles. The Hall–Kier alpha value is -4.93. The van der Waals surface area contributed by atoms with Gasteiger partial charge in [0.15, 0.2) is 11.6 Å². The van der Waals surface area contributed by atoms with Gasteiger partial charge in [-0.25, -0.2) is 5.23 Å². The topological polar surface area (TPSA) is 193 Å². The molecule has 13 nitrogen and oxygen atoms in total. The third-order valence-electron chi connectivity index (χ3n) is 5.81. The fraction of sp³-hybridized carbons (Fsp3) is 0.0370. The van der Waals surface area contributed by atoms with Crippen LogP contribution < -0.4 is 10.9 Å². The molecule has 0 unspecified atom stereocenters. The van der Waals surface area contributed by atoms with Crippen LogP contribution in [0.2, 0.25) is 0 Å². The van der Waals surface area contributed by atoms with E-state index in [1.807, 2.05) is 29.5 Å². The summed E-state index contributed by atoms with van der Waals surface area (Å²) in [4.78, 5) is 36.3. The van der Waals surface area contributed by atoms with E-state index in [2.05, 4.69) is 26.0 Å². The Morgan fingerprint density at radius 1 is 0.756 bits per heavy atom. The number of nitrogens with two attached hydrogens (primary N) is 1. The number of benzene rings is 4. The van der Waals surface area contributed by atoms with E-state index < -0.39 is 0 Å². The van der Waals surface area contributed by atoms with E-state index in [0.717, 1.165) is 5.56 Å². The number of rotatable bonds is 10. The maximum atomic E-state index is 12.7. The van der Waals surface area contributed by atoms with E-state index in [1.165, 1.54) is 42.5 Å². The molecule has 4 N–H and O–H groups in total. The monoisotopic (exact) mass is 660 g/mol. The number of nitrogens with one attached hydrogen (secondary N) is 2. The van der Waals surface area contributed by atoms with Crippen molar-refractivity contribution in [2.24, 2.45) is 26.0 Å². The summed E-state index contributed by atoms with van der Waals surface area (Å²) in [6, 6.07) is 22.0. The highest BCUT2D eigenvalue weighted by Crippen LogP contribution is 2.25. The van der Waals surface area contributed by atoms with Crippen LogP contribution in [-0.2, 0) is 0 Å². The Labute approximate surface area is 247 Å². The minimum Gasteiger partial charge on any atom is -0.558 e. The van der Waals surface area contributed by atoms with Gasteiger partial charge in [-0.05, 0) is 118 Å². The van der Waals surface area contributed by atoms with Gasteiger partial charge in [-0.15, -0.1) is 10.0 Å². The molecule has 0 fully saturated rings. The van der Waals surface area contributed by atoms with Crippen molar-refractivity contribution in [1.29, 1.82) is 0 Å². The van der Waals surface area contributed by atoms with E-state index in [9.17, 15) is 14.5 Å². The number of anilines is 2. The predicted molar refractivity (Wildman–Crippen MR) is 162 cm³/mol. The van der Waals surface area contributed by atoms with Crippen LogP contribution >= 0.6 is 22.6 Å². The predicted octanol–water partition coefficient (Wildman–Crippen LogP) is 8.07. The summed E-state index contributed by atoms with van der Waals surface area (Å²) in [5.41, 5.74) is 9.68. The Balaban J connectivity index is 1.34. The molecule has 0 radical (unpaired) electrons. The third kappa shape index (κ3) is 7.18. The molecule has 14 heteroatoms. The number of nitrogens with zero attached hydrogens (tertiary/aromatic N) is 7. The van der Waals surface area contributed by atoms with E-state index in [4.69, 9.17) is 17.4 Å². The maximum absolute atomic E-state index is 12.7. The average Bonchev–Trinajstić information content (AvgIpc) is 3.00. The number of nitroso groups, excluding NO2 is 1. The fourth-order valence-electron chi connectivity index (χ4n) is 3.51. The summed E-state index contributed by atoms with van der Waals surface area (Å²) in [7, 11) is 0. The van der Waals surface area contributed by atoms with Crippen molar-refractivity contribution in [3.63, 3.8) is 0 Å². The lowest BCUT2D eigenvalue weighted by atomic mass is 10.0. The quantitative estimate of drug-likeness (QED) is 0.0446. The van der Waals surface area contributed by atoms with Crippen molar-refractivity contribution in [1.82, 2.24) is 5.23 Å². The molecule has 4 rings (SSSR count). The molecule has 0 saturated heterocycles. The molecule has 0 heterocycles. The Bertz CT molecular complexity index is 1660. The van der Waals surface area contributed by atoms with Gasteiger partial charge in [0.1, 0.15) is 5.69 Å². The lowest BCUT2D eigenvalue weighted by Crippen LogP contribution is -2.06. The molecule has 0 spiro atoms. The molecule has 0 saturated carbocycles. The van der Waals surface area contributed by atoms with Crippen LogP contribution in [0.3, 0.4) is 0 Å². The van der Waals surface area contributed by atoms with Crippen LogP contribution in [0, 0.1) is 15.4 Å². The van der Waals surface area contributed by atoms with Gasteiger partial charge in [0, 0.05) is 37.2 Å². The van der Waals surface area contributed by atoms with Crippen molar-refractivity contribution in [2.45, 2.75) is 6.92 Å². The fourth-order valence-corrected chi connectivity index (χ4v) is 3.95. The lowest BCUT2D eigenvalue weighted by molar-refractivity contribution is 0.103. The minimum absolute atomic E-state index is 0.189. The Kier molecular flexibility index (Phi) is 9.18. The second-order valence-corrected chi connectivity index (χ2v) is 9.71. The standard InChI is InChI=1S/C27H21IN10O3/c1-16-2-3-19(14-24(16)29)26(39)18-6-11-22(12-7-18)37(30)35-36-38(31)34-32-21-9-4-17(5-10-21)27(40)20-8-13-23(28)25(15-20)33-41/h2-15,30-31H,29H2,1H3/q-2/b34-32?,36-35-. The molecular weight excluding hydrogens is 639 g/mol. The van der Waals surface area contributed by atoms with Crippen molar-refractivity contribution in [3.8, 4) is 0 Å². The van der Waals surface area contributed by atoms with Crippen molar-refractivity contribution in [2.75, 3.05) is 10.9 Å². The first kappa shape index (κ1) is 29.1. The summed E-state index contributed by atoms with van der Waals surface area (Å²) in [5.74, 6) is 15.2. The van der Waals surface area contributed by atoms with Gasteiger partial charge in [0.2, 0.25) is 0 Å². The smallest absolute Gasteiger partial charge is 0.193 e. The molecule has 0 aliphatic rings. The van der Waals surface area contributed by atoms with Crippen LogP contribution in [0.1, 0.15) is 37.4 Å². The van der Waals surface area contributed by atoms with Crippen molar-refractivity contribution >= 4 is 56.9 Å². The molecule has 0 aromatic heterocycles. The van der Waals surface area contributed by atoms with Crippen LogP contribution in [0.5, 0.6) is 0 Å². The van der Waals surface area contributed by atoms with Gasteiger partial charge < -0.3 is 22.5 Å². The number of carbonyl (C=O) groups excluding carboxylic acids is 2. The van der Waals surface area contributed by atoms with Crippen LogP contribution in [-0.4, -0.2) is 16.8 Å². The zero-order chi connectivity index (χ0) is 29.5. The number of hydrogen-bond donors (Lipinski definition) is 1. The molecule has 0 bridgehead atoms. The summed E-state index contributed by atoms with van der Waals surface area (Å²) >= 11 is 1.96. The van der Waals surface area contributed by atoms with Crippen LogP contribution in [0.15, 0.2) is 111 Å². The number of hydrogen-bond acceptors (Lipinski definition) is 9. The van der Waals surface area contributed by atoms with Crippen LogP contribution in [0.25, 0.3) is 11.7 Å². The summed E-state index contributed by atoms with van der Waals surface area (Å²) in [6.45, 7) is 1.86. The van der Waals surface area contributed by atoms with E-state index in [1.54, 1.807) is 42.5 Å². The first-order valence-electron chi connectivity index (χ1n) is 11.8. The number of halogens is 1. The highest BCUT2D eigenvalue weighted by molar-refractivity contribution is 14.1. The zero-order valence-corrected chi connectivity index (χ0v) is 23.6. The SMILES string of the molecule is Cc1ccc(C(=O)c2ccc(N([NH-])/N=N\N([NH-])N=Nc3ccc(C(=O)c4ccc(I)c(N=O)c4)cc3)cc2)cc1N. The molecule has 0 aliphatic carbocycles. The van der Waals surface area contributed by atoms with Gasteiger partial charge >= 0.3 is 0 Å². The molecule has 0 amide bonds. The molecular formula is C27H21IN10O3-2. The average molecular weight is 660 g/mol. The van der Waals surface area contributed by atoms with Crippen molar-refractivity contribution < 1.29 is 9.59 Å². The van der Waals surface area contributed by atoms with Gasteiger partial charge in [0.25, 0.3) is 0 Å². The molecule has 0 atom stereocenters. The number of carbonyl (C=O) groups is 2. The Morgan fingerprint density at radius 2 is 1.32 bits per heavy atom. The highest BCUT2D eigenvalue weighted by Gasteiger charge is 2.12. The van der Waals surface area contributed by atoms with E-state index >= 15 is 0 Å². The van der Waals surface area contributed by atoms with Gasteiger partial charge in [-0.3, -0.25) is 9.59 Å². The van der Waals surface area contributed by atoms with E-state index in [0.29, 0.717) is 53.2 Å². The maximum Gasteiger partial charge on any atom is 0.193 e. The third-order valence-corrected chi connectivity index (χ3v) is 6.72. The first-order valence-corrected chi connectivity index (χ1v) is 12.9. The van der Waals surface area contributed by atoms with E-state index in [-0.39, 0.29) is 17.3 Å². The molecule has 4 aromatic carbocycles. The largest absolute Gasteiger partial charge is 0.558 e. The normalized spacial score (nSPS) is 11.1. The second kappa shape index (κ2) is 12.9. The van der Waals surface area contributed by atoms with Gasteiger partial charge in [-0.2, -0.15) is 0 Å². The Morgan fingerprint density at radius 3 is 1.93 bits per heavy atom. The number of aryl methyl sites for hydroxylation is 1.